The number of aryl methyl sites for hydroxylation is 1. The van der Waals surface area contributed by atoms with E-state index in [-0.39, 0.29) is 24.5 Å². The molecule has 6 heteroatoms. The van der Waals surface area contributed by atoms with Crippen LogP contribution >= 0.6 is 0 Å². The summed E-state index contributed by atoms with van der Waals surface area (Å²) in [4.78, 5) is 23.0. The van der Waals surface area contributed by atoms with Gasteiger partial charge in [-0.15, -0.1) is 0 Å². The summed E-state index contributed by atoms with van der Waals surface area (Å²) >= 11 is 0. The van der Waals surface area contributed by atoms with E-state index in [1.165, 1.54) is 7.11 Å². The van der Waals surface area contributed by atoms with E-state index in [0.29, 0.717) is 11.4 Å². The Bertz CT molecular complexity index is 514. The number of ether oxygens (including phenoxy) is 2. The fourth-order valence-corrected chi connectivity index (χ4v) is 1.55. The predicted molar refractivity (Wildman–Crippen MR) is 80.1 cm³/mol. The lowest BCUT2D eigenvalue weighted by molar-refractivity contribution is -0.142. The van der Waals surface area contributed by atoms with Gasteiger partial charge in [0.1, 0.15) is 5.75 Å². The molecule has 0 heterocycles. The highest BCUT2D eigenvalue weighted by atomic mass is 16.6. The van der Waals surface area contributed by atoms with Crippen molar-refractivity contribution in [3.05, 3.63) is 23.8 Å². The van der Waals surface area contributed by atoms with E-state index in [2.05, 4.69) is 10.1 Å². The van der Waals surface area contributed by atoms with Gasteiger partial charge in [0.2, 0.25) is 5.91 Å². The molecule has 0 bridgehead atoms. The van der Waals surface area contributed by atoms with Gasteiger partial charge in [0.15, 0.2) is 6.61 Å². The van der Waals surface area contributed by atoms with Gasteiger partial charge >= 0.3 is 5.97 Å². The summed E-state index contributed by atoms with van der Waals surface area (Å²) in [6.07, 6.45) is 0. The van der Waals surface area contributed by atoms with Crippen molar-refractivity contribution < 1.29 is 19.1 Å². The maximum absolute atomic E-state index is 12.0. The molecule has 0 saturated heterocycles. The summed E-state index contributed by atoms with van der Waals surface area (Å²) in [6.45, 7) is 5.27. The lowest BCUT2D eigenvalue weighted by Gasteiger charge is -2.17. The van der Waals surface area contributed by atoms with Crippen LogP contribution < -0.4 is 15.8 Å². The number of esters is 1. The van der Waals surface area contributed by atoms with Gasteiger partial charge in [-0.1, -0.05) is 6.92 Å². The van der Waals surface area contributed by atoms with Gasteiger partial charge in [0, 0.05) is 11.7 Å². The van der Waals surface area contributed by atoms with Crippen molar-refractivity contribution in [2.45, 2.75) is 26.8 Å². The van der Waals surface area contributed by atoms with Gasteiger partial charge in [-0.25, -0.2) is 4.79 Å². The van der Waals surface area contributed by atoms with Crippen LogP contribution in [0.25, 0.3) is 0 Å². The highest BCUT2D eigenvalue weighted by Gasteiger charge is 2.17. The zero-order valence-corrected chi connectivity index (χ0v) is 12.8. The highest BCUT2D eigenvalue weighted by molar-refractivity contribution is 5.93. The highest BCUT2D eigenvalue weighted by Crippen LogP contribution is 2.22. The van der Waals surface area contributed by atoms with Crippen molar-refractivity contribution in [1.82, 2.24) is 0 Å². The van der Waals surface area contributed by atoms with Crippen molar-refractivity contribution >= 4 is 17.6 Å². The van der Waals surface area contributed by atoms with Gasteiger partial charge in [0.25, 0.3) is 0 Å². The number of carbonyl (C=O) groups excluding carboxylic acids is 2. The predicted octanol–water partition coefficient (Wildman–Crippen LogP) is 1.47. The Morgan fingerprint density at radius 2 is 2.00 bits per heavy atom. The van der Waals surface area contributed by atoms with Crippen LogP contribution in [0.5, 0.6) is 5.75 Å². The molecule has 0 spiro atoms. The van der Waals surface area contributed by atoms with Crippen LogP contribution in [0.3, 0.4) is 0 Å². The van der Waals surface area contributed by atoms with Crippen molar-refractivity contribution in [2.24, 2.45) is 11.7 Å². The summed E-state index contributed by atoms with van der Waals surface area (Å²) in [5.74, 6) is -0.317. The van der Waals surface area contributed by atoms with Crippen molar-refractivity contribution in [3.63, 3.8) is 0 Å². The second-order valence-corrected chi connectivity index (χ2v) is 4.98. The number of carbonyl (C=O) groups is 2. The number of methoxy groups -OCH3 is 1. The molecule has 0 radical (unpaired) electrons. The summed E-state index contributed by atoms with van der Waals surface area (Å²) in [5, 5.41) is 2.83. The molecule has 21 heavy (non-hydrogen) atoms. The van der Waals surface area contributed by atoms with Crippen LogP contribution in [0, 0.1) is 12.8 Å². The fourth-order valence-electron chi connectivity index (χ4n) is 1.55. The average molecular weight is 294 g/mol. The average Bonchev–Trinajstić information content (AvgIpc) is 2.46. The second kappa shape index (κ2) is 7.64. The van der Waals surface area contributed by atoms with Crippen LogP contribution in [-0.2, 0) is 14.3 Å². The molecule has 1 aromatic rings. The Morgan fingerprint density at radius 1 is 1.33 bits per heavy atom. The third-order valence-corrected chi connectivity index (χ3v) is 3.24. The molecule has 6 nitrogen and oxygen atoms in total. The standard InChI is InChI=1S/C15H22N2O4/c1-9-7-12(21-8-14(18)20-4)5-6-13(9)17-15(19)10(2)11(3)16/h5-7,10-11H,8,16H2,1-4H3,(H,17,19). The number of anilines is 1. The number of benzene rings is 1. The second-order valence-electron chi connectivity index (χ2n) is 4.98. The first-order valence-electron chi connectivity index (χ1n) is 6.72. The van der Waals surface area contributed by atoms with Crippen molar-refractivity contribution in [2.75, 3.05) is 19.0 Å². The van der Waals surface area contributed by atoms with Gasteiger partial charge in [-0.3, -0.25) is 4.79 Å². The SMILES string of the molecule is COC(=O)COc1ccc(NC(=O)C(C)C(C)N)c(C)c1. The van der Waals surface area contributed by atoms with Gasteiger partial charge < -0.3 is 20.5 Å². The van der Waals surface area contributed by atoms with E-state index < -0.39 is 5.97 Å². The molecule has 116 valence electrons. The Balaban J connectivity index is 2.70. The quantitative estimate of drug-likeness (QED) is 0.775. The smallest absolute Gasteiger partial charge is 0.343 e. The number of rotatable bonds is 6. The number of amides is 1. The Kier molecular flexibility index (Phi) is 6.17. The zero-order chi connectivity index (χ0) is 16.0. The van der Waals surface area contributed by atoms with Crippen LogP contribution in [0.15, 0.2) is 18.2 Å². The molecule has 0 saturated carbocycles. The summed E-state index contributed by atoms with van der Waals surface area (Å²) in [6, 6.07) is 4.94. The fraction of sp³-hybridized carbons (Fsp3) is 0.467. The van der Waals surface area contributed by atoms with E-state index in [4.69, 9.17) is 10.5 Å². The largest absolute Gasteiger partial charge is 0.482 e. The van der Waals surface area contributed by atoms with Gasteiger partial charge in [-0.2, -0.15) is 0 Å². The lowest BCUT2D eigenvalue weighted by atomic mass is 10.0. The Labute approximate surface area is 124 Å². The maximum Gasteiger partial charge on any atom is 0.343 e. The molecule has 1 aromatic carbocycles. The topological polar surface area (TPSA) is 90.6 Å². The van der Waals surface area contributed by atoms with Crippen molar-refractivity contribution in [3.8, 4) is 5.75 Å². The van der Waals surface area contributed by atoms with E-state index in [0.717, 1.165) is 5.56 Å². The Hall–Kier alpha value is -2.08. The molecule has 0 aliphatic rings. The number of nitrogens with one attached hydrogen (secondary N) is 1. The number of hydrogen-bond acceptors (Lipinski definition) is 5. The van der Waals surface area contributed by atoms with Gasteiger partial charge in [-0.05, 0) is 37.6 Å². The molecular formula is C15H22N2O4. The minimum atomic E-state index is -0.448. The van der Waals surface area contributed by atoms with E-state index >= 15 is 0 Å². The Morgan fingerprint density at radius 3 is 2.52 bits per heavy atom. The minimum Gasteiger partial charge on any atom is -0.482 e. The van der Waals surface area contributed by atoms with Crippen LogP contribution in [-0.4, -0.2) is 31.6 Å². The lowest BCUT2D eigenvalue weighted by Crippen LogP contribution is -2.34. The molecule has 1 rings (SSSR count). The maximum atomic E-state index is 12.0. The number of hydrogen-bond donors (Lipinski definition) is 2. The normalized spacial score (nSPS) is 13.2. The molecule has 2 atom stereocenters. The van der Waals surface area contributed by atoms with Crippen LogP contribution in [0.1, 0.15) is 19.4 Å². The first-order chi connectivity index (χ1) is 9.85. The molecule has 0 aliphatic heterocycles. The monoisotopic (exact) mass is 294 g/mol. The molecule has 0 aliphatic carbocycles. The minimum absolute atomic E-state index is 0.128. The van der Waals surface area contributed by atoms with Crippen LogP contribution in [0.2, 0.25) is 0 Å². The first-order valence-corrected chi connectivity index (χ1v) is 6.72. The summed E-state index contributed by atoms with van der Waals surface area (Å²) < 4.78 is 9.77. The summed E-state index contributed by atoms with van der Waals surface area (Å²) in [7, 11) is 1.30. The molecular weight excluding hydrogens is 272 g/mol. The van der Waals surface area contributed by atoms with E-state index in [1.54, 1.807) is 32.0 Å². The summed E-state index contributed by atoms with van der Waals surface area (Å²) in [5.41, 5.74) is 7.24. The zero-order valence-electron chi connectivity index (χ0n) is 12.8. The van der Waals surface area contributed by atoms with E-state index in [1.807, 2.05) is 6.92 Å². The molecule has 1 amide bonds. The molecule has 0 fully saturated rings. The van der Waals surface area contributed by atoms with E-state index in [9.17, 15) is 9.59 Å². The molecule has 3 N–H and O–H groups in total. The third kappa shape index (κ3) is 5.07. The number of nitrogens with two attached hydrogens (primary N) is 1. The first kappa shape index (κ1) is 17.0. The van der Waals surface area contributed by atoms with Crippen LogP contribution in [0.4, 0.5) is 5.69 Å². The third-order valence-electron chi connectivity index (χ3n) is 3.24. The van der Waals surface area contributed by atoms with Gasteiger partial charge in [0.05, 0.1) is 13.0 Å². The molecule has 2 unspecified atom stereocenters. The molecule has 0 aromatic heterocycles. The van der Waals surface area contributed by atoms with Crippen molar-refractivity contribution in [1.29, 1.82) is 0 Å².